The van der Waals surface area contributed by atoms with Crippen LogP contribution in [-0.2, 0) is 25.7 Å². The summed E-state index contributed by atoms with van der Waals surface area (Å²) in [6.07, 6.45) is 3.01. The van der Waals surface area contributed by atoms with Gasteiger partial charge < -0.3 is 23.6 Å². The molecule has 0 fully saturated rings. The van der Waals surface area contributed by atoms with E-state index >= 15 is 0 Å². The Morgan fingerprint density at radius 1 is 1.22 bits per heavy atom. The number of aromatic nitrogens is 1. The van der Waals surface area contributed by atoms with Crippen LogP contribution in [0.3, 0.4) is 0 Å². The molecule has 0 saturated heterocycles. The van der Waals surface area contributed by atoms with Gasteiger partial charge in [0.25, 0.3) is 0 Å². The molecule has 0 spiro atoms. The topological polar surface area (TPSA) is 92.4 Å². The van der Waals surface area contributed by atoms with E-state index in [0.717, 1.165) is 10.9 Å². The highest BCUT2D eigenvalue weighted by molar-refractivity contribution is 6.16. The lowest BCUT2D eigenvalue weighted by atomic mass is 10.0. The predicted molar refractivity (Wildman–Crippen MR) is 120 cm³/mol. The van der Waals surface area contributed by atoms with Crippen molar-refractivity contribution in [1.82, 2.24) is 5.16 Å². The lowest BCUT2D eigenvalue weighted by Crippen LogP contribution is -2.07. The number of esters is 1. The van der Waals surface area contributed by atoms with E-state index in [1.54, 1.807) is 25.1 Å². The van der Waals surface area contributed by atoms with E-state index in [9.17, 15) is 4.79 Å². The fourth-order valence-corrected chi connectivity index (χ4v) is 3.02. The average Bonchev–Trinajstić information content (AvgIpc) is 3.24. The van der Waals surface area contributed by atoms with Crippen LogP contribution in [0.2, 0.25) is 0 Å². The third-order valence-electron chi connectivity index (χ3n) is 4.52. The molecule has 0 bridgehead atoms. The van der Waals surface area contributed by atoms with Gasteiger partial charge >= 0.3 is 5.97 Å². The maximum Gasteiger partial charge on any atom is 0.341 e. The molecule has 166 valence electrons. The second-order valence-corrected chi connectivity index (χ2v) is 6.65. The number of methoxy groups -OCH3 is 2. The molecule has 8 nitrogen and oxygen atoms in total. The fraction of sp³-hybridized carbons (Fsp3) is 0.208. The fourth-order valence-electron chi connectivity index (χ4n) is 3.02. The number of fused-ring (bicyclic) bond motifs is 1. The number of hydrogen-bond acceptors (Lipinski definition) is 8. The van der Waals surface area contributed by atoms with E-state index in [1.807, 2.05) is 30.3 Å². The molecule has 2 aromatic carbocycles. The molecule has 0 aliphatic carbocycles. The molecular formula is C24H24N2O6. The summed E-state index contributed by atoms with van der Waals surface area (Å²) in [7, 11) is 2.78. The molecule has 0 aliphatic rings. The van der Waals surface area contributed by atoms with Crippen LogP contribution >= 0.6 is 0 Å². The molecule has 3 aromatic rings. The first-order valence-electron chi connectivity index (χ1n) is 9.78. The van der Waals surface area contributed by atoms with Gasteiger partial charge in [0.15, 0.2) is 5.58 Å². The Kier molecular flexibility index (Phi) is 7.64. The minimum atomic E-state index is -0.510. The SMILES string of the molecule is C=CCOc1ccc2c(C(C)=NOCc3ccccc3C(=COC)C(=O)OC)noc2c1. The van der Waals surface area contributed by atoms with Gasteiger partial charge in [-0.25, -0.2) is 4.79 Å². The van der Waals surface area contributed by atoms with E-state index in [1.165, 1.54) is 20.5 Å². The zero-order valence-corrected chi connectivity index (χ0v) is 18.2. The van der Waals surface area contributed by atoms with Crippen molar-refractivity contribution in [3.8, 4) is 5.75 Å². The molecule has 0 amide bonds. The van der Waals surface area contributed by atoms with Crippen molar-refractivity contribution < 1.29 is 28.4 Å². The van der Waals surface area contributed by atoms with Gasteiger partial charge in [0, 0.05) is 11.6 Å². The molecule has 0 aliphatic heterocycles. The molecule has 0 radical (unpaired) electrons. The number of hydrogen-bond donors (Lipinski definition) is 0. The Hall–Kier alpha value is -4.07. The number of nitrogens with zero attached hydrogens (tertiary/aromatic N) is 2. The lowest BCUT2D eigenvalue weighted by molar-refractivity contribution is -0.133. The minimum absolute atomic E-state index is 0.126. The number of carbonyl (C=O) groups is 1. The average molecular weight is 436 g/mol. The number of rotatable bonds is 10. The number of carbonyl (C=O) groups excluding carboxylic acids is 1. The Morgan fingerprint density at radius 3 is 2.78 bits per heavy atom. The molecule has 0 N–H and O–H groups in total. The Bertz CT molecular complexity index is 1160. The van der Waals surface area contributed by atoms with Gasteiger partial charge in [-0.3, -0.25) is 0 Å². The summed E-state index contributed by atoms with van der Waals surface area (Å²) in [5.41, 5.74) is 3.35. The van der Waals surface area contributed by atoms with Gasteiger partial charge in [-0.05, 0) is 24.6 Å². The van der Waals surface area contributed by atoms with Crippen molar-refractivity contribution in [2.24, 2.45) is 5.16 Å². The predicted octanol–water partition coefficient (Wildman–Crippen LogP) is 4.49. The van der Waals surface area contributed by atoms with Crippen LogP contribution in [0.15, 0.2) is 71.1 Å². The summed E-state index contributed by atoms with van der Waals surface area (Å²) in [5.74, 6) is 0.151. The van der Waals surface area contributed by atoms with E-state index < -0.39 is 5.97 Å². The van der Waals surface area contributed by atoms with E-state index in [-0.39, 0.29) is 12.2 Å². The second-order valence-electron chi connectivity index (χ2n) is 6.65. The van der Waals surface area contributed by atoms with Gasteiger partial charge in [-0.1, -0.05) is 47.2 Å². The molecule has 1 aromatic heterocycles. The van der Waals surface area contributed by atoms with Crippen molar-refractivity contribution >= 4 is 28.2 Å². The minimum Gasteiger partial charge on any atom is -0.503 e. The highest BCUT2D eigenvalue weighted by Crippen LogP contribution is 2.25. The zero-order valence-electron chi connectivity index (χ0n) is 18.2. The molecule has 1 heterocycles. The number of benzene rings is 2. The van der Waals surface area contributed by atoms with Gasteiger partial charge in [-0.2, -0.15) is 0 Å². The summed E-state index contributed by atoms with van der Waals surface area (Å²) >= 11 is 0. The highest BCUT2D eigenvalue weighted by Gasteiger charge is 2.17. The first kappa shape index (κ1) is 22.6. The van der Waals surface area contributed by atoms with E-state index in [2.05, 4.69) is 16.9 Å². The first-order chi connectivity index (χ1) is 15.6. The monoisotopic (exact) mass is 436 g/mol. The summed E-state index contributed by atoms with van der Waals surface area (Å²) in [4.78, 5) is 17.7. The van der Waals surface area contributed by atoms with Crippen LogP contribution in [0.5, 0.6) is 5.75 Å². The quantitative estimate of drug-likeness (QED) is 0.115. The highest BCUT2D eigenvalue weighted by atomic mass is 16.6. The Labute approximate surface area is 185 Å². The Balaban J connectivity index is 1.78. The third kappa shape index (κ3) is 5.15. The second kappa shape index (κ2) is 10.8. The van der Waals surface area contributed by atoms with Gasteiger partial charge in [0.05, 0.1) is 25.9 Å². The number of oxime groups is 1. The van der Waals surface area contributed by atoms with Gasteiger partial charge in [-0.15, -0.1) is 0 Å². The van der Waals surface area contributed by atoms with Crippen molar-refractivity contribution in [3.63, 3.8) is 0 Å². The maximum absolute atomic E-state index is 12.1. The molecule has 0 unspecified atom stereocenters. The van der Waals surface area contributed by atoms with Crippen molar-refractivity contribution in [1.29, 1.82) is 0 Å². The molecule has 0 atom stereocenters. The lowest BCUT2D eigenvalue weighted by Gasteiger charge is -2.11. The normalized spacial score (nSPS) is 11.8. The van der Waals surface area contributed by atoms with Crippen LogP contribution in [0.25, 0.3) is 16.5 Å². The standard InChI is InChI=1S/C24H24N2O6/c1-5-12-30-18-10-11-20-22(13-18)32-26-23(20)16(2)25-31-14-17-8-6-7-9-19(17)21(15-28-3)24(27)29-4/h5-11,13,15H,1,12,14H2,2-4H3. The molecule has 32 heavy (non-hydrogen) atoms. The van der Waals surface area contributed by atoms with Crippen molar-refractivity contribution in [2.75, 3.05) is 20.8 Å². The van der Waals surface area contributed by atoms with E-state index in [0.29, 0.717) is 34.9 Å². The van der Waals surface area contributed by atoms with Crippen LogP contribution in [-0.4, -0.2) is 37.7 Å². The van der Waals surface area contributed by atoms with Gasteiger partial charge in [0.1, 0.15) is 35.9 Å². The zero-order chi connectivity index (χ0) is 22.9. The summed E-state index contributed by atoms with van der Waals surface area (Å²) in [6.45, 7) is 5.93. The van der Waals surface area contributed by atoms with E-state index in [4.69, 9.17) is 23.6 Å². The van der Waals surface area contributed by atoms with Crippen molar-refractivity contribution in [3.05, 3.63) is 78.2 Å². The van der Waals surface area contributed by atoms with Crippen LogP contribution in [0, 0.1) is 0 Å². The van der Waals surface area contributed by atoms with Crippen molar-refractivity contribution in [2.45, 2.75) is 13.5 Å². The molecular weight excluding hydrogens is 412 g/mol. The third-order valence-corrected chi connectivity index (χ3v) is 4.52. The molecule has 0 saturated carbocycles. The largest absolute Gasteiger partial charge is 0.503 e. The van der Waals surface area contributed by atoms with Crippen LogP contribution in [0.1, 0.15) is 23.7 Å². The smallest absolute Gasteiger partial charge is 0.341 e. The summed E-state index contributed by atoms with van der Waals surface area (Å²) in [5, 5.41) is 9.07. The summed E-state index contributed by atoms with van der Waals surface area (Å²) in [6, 6.07) is 12.7. The first-order valence-corrected chi connectivity index (χ1v) is 9.78. The van der Waals surface area contributed by atoms with Crippen LogP contribution in [0.4, 0.5) is 0 Å². The number of ether oxygens (including phenoxy) is 3. The van der Waals surface area contributed by atoms with Gasteiger partial charge in [0.2, 0.25) is 0 Å². The van der Waals surface area contributed by atoms with Crippen LogP contribution < -0.4 is 4.74 Å². The molecule has 3 rings (SSSR count). The Morgan fingerprint density at radius 2 is 2.03 bits per heavy atom. The molecule has 8 heteroatoms. The maximum atomic E-state index is 12.1. The summed E-state index contributed by atoms with van der Waals surface area (Å²) < 4.78 is 20.8.